The highest BCUT2D eigenvalue weighted by molar-refractivity contribution is 5.94. The number of hydrogen-bond acceptors (Lipinski definition) is 4. The van der Waals surface area contributed by atoms with Crippen LogP contribution in [0, 0.1) is 0 Å². The molecule has 0 fully saturated rings. The molecule has 4 N–H and O–H groups in total. The fourth-order valence-corrected chi connectivity index (χ4v) is 2.03. The highest BCUT2D eigenvalue weighted by Gasteiger charge is 2.33. The van der Waals surface area contributed by atoms with Crippen molar-refractivity contribution in [2.45, 2.75) is 12.0 Å². The maximum Gasteiger partial charge on any atom is 0.252 e. The Hall–Kier alpha value is -2.27. The zero-order chi connectivity index (χ0) is 13.9. The Balaban J connectivity index is 2.21. The second-order valence-corrected chi connectivity index (χ2v) is 4.52. The minimum Gasteiger partial charge on any atom is -0.512 e. The number of carbonyl (C=O) groups excluding carboxylic acids is 1. The van der Waals surface area contributed by atoms with Gasteiger partial charge in [-0.05, 0) is 18.2 Å². The molecule has 1 amide bonds. The van der Waals surface area contributed by atoms with E-state index in [4.69, 9.17) is 0 Å². The summed E-state index contributed by atoms with van der Waals surface area (Å²) in [4.78, 5) is 12.1. The third-order valence-corrected chi connectivity index (χ3v) is 2.92. The van der Waals surface area contributed by atoms with Gasteiger partial charge in [-0.25, -0.2) is 0 Å². The molecule has 1 aromatic carbocycles. The maximum atomic E-state index is 12.1. The average Bonchev–Trinajstić information content (AvgIpc) is 2.38. The van der Waals surface area contributed by atoms with E-state index in [1.165, 1.54) is 12.2 Å². The van der Waals surface area contributed by atoms with Crippen LogP contribution in [0.2, 0.25) is 0 Å². The molecule has 19 heavy (non-hydrogen) atoms. The molecule has 5 nitrogen and oxygen atoms in total. The van der Waals surface area contributed by atoms with Crippen molar-refractivity contribution < 1.29 is 20.1 Å². The van der Waals surface area contributed by atoms with Crippen LogP contribution in [0.15, 0.2) is 54.0 Å². The topological polar surface area (TPSA) is 89.8 Å². The molecule has 0 bridgehead atoms. The van der Waals surface area contributed by atoms with Gasteiger partial charge in [0.25, 0.3) is 5.91 Å². The van der Waals surface area contributed by atoms with Crippen molar-refractivity contribution in [1.82, 2.24) is 5.32 Å². The Bertz CT molecular complexity index is 536. The van der Waals surface area contributed by atoms with Crippen LogP contribution in [-0.2, 0) is 0 Å². The van der Waals surface area contributed by atoms with Gasteiger partial charge in [0.15, 0.2) is 0 Å². The van der Waals surface area contributed by atoms with Crippen LogP contribution < -0.4 is 5.32 Å². The average molecular weight is 261 g/mol. The van der Waals surface area contributed by atoms with Gasteiger partial charge >= 0.3 is 0 Å². The Morgan fingerprint density at radius 2 is 1.95 bits per heavy atom. The Kier molecular flexibility index (Phi) is 3.57. The van der Waals surface area contributed by atoms with Crippen LogP contribution in [0.3, 0.4) is 0 Å². The zero-order valence-corrected chi connectivity index (χ0v) is 10.2. The molecule has 1 atom stereocenters. The number of carbonyl (C=O) groups is 1. The van der Waals surface area contributed by atoms with Crippen LogP contribution in [0.4, 0.5) is 0 Å². The van der Waals surface area contributed by atoms with E-state index >= 15 is 0 Å². The maximum absolute atomic E-state index is 12.1. The molecule has 2 rings (SSSR count). The van der Waals surface area contributed by atoms with E-state index in [-0.39, 0.29) is 23.8 Å². The van der Waals surface area contributed by atoms with Gasteiger partial charge in [0.2, 0.25) is 0 Å². The molecule has 1 aliphatic carbocycles. The molecule has 0 saturated carbocycles. The SMILES string of the molecule is O=C(NC1(CO)C=C(O)C=C(O)C1)c1ccccc1. The number of aliphatic hydroxyl groups is 3. The van der Waals surface area contributed by atoms with Crippen molar-refractivity contribution in [3.63, 3.8) is 0 Å². The molecule has 0 radical (unpaired) electrons. The van der Waals surface area contributed by atoms with Crippen molar-refractivity contribution in [2.24, 2.45) is 0 Å². The van der Waals surface area contributed by atoms with E-state index in [9.17, 15) is 20.1 Å². The van der Waals surface area contributed by atoms with Crippen LogP contribution in [-0.4, -0.2) is 33.4 Å². The lowest BCUT2D eigenvalue weighted by Crippen LogP contribution is -2.51. The van der Waals surface area contributed by atoms with Gasteiger partial charge in [-0.15, -0.1) is 0 Å². The summed E-state index contributed by atoms with van der Waals surface area (Å²) in [6.45, 7) is -0.423. The summed E-state index contributed by atoms with van der Waals surface area (Å²) in [6.07, 6.45) is 2.54. The van der Waals surface area contributed by atoms with Crippen LogP contribution in [0.25, 0.3) is 0 Å². The first-order valence-electron chi connectivity index (χ1n) is 5.84. The minimum absolute atomic E-state index is 0.0339. The van der Waals surface area contributed by atoms with Gasteiger partial charge in [0.1, 0.15) is 5.76 Å². The largest absolute Gasteiger partial charge is 0.512 e. The van der Waals surface area contributed by atoms with E-state index in [2.05, 4.69) is 5.32 Å². The number of hydrogen-bond donors (Lipinski definition) is 4. The van der Waals surface area contributed by atoms with Crippen molar-refractivity contribution in [3.05, 3.63) is 59.6 Å². The Labute approximate surface area is 110 Å². The molecular weight excluding hydrogens is 246 g/mol. The molecular formula is C14H15NO4. The summed E-state index contributed by atoms with van der Waals surface area (Å²) in [5.41, 5.74) is -0.743. The third kappa shape index (κ3) is 2.95. The molecule has 1 aromatic rings. The molecule has 0 aromatic heterocycles. The van der Waals surface area contributed by atoms with Gasteiger partial charge < -0.3 is 20.6 Å². The second-order valence-electron chi connectivity index (χ2n) is 4.52. The van der Waals surface area contributed by atoms with Gasteiger partial charge in [-0.1, -0.05) is 18.2 Å². The fourth-order valence-electron chi connectivity index (χ4n) is 2.03. The highest BCUT2D eigenvalue weighted by atomic mass is 16.3. The van der Waals surface area contributed by atoms with E-state index in [0.717, 1.165) is 0 Å². The molecule has 0 spiro atoms. The summed E-state index contributed by atoms with van der Waals surface area (Å²) in [7, 11) is 0. The van der Waals surface area contributed by atoms with Crippen molar-refractivity contribution >= 4 is 5.91 Å². The summed E-state index contributed by atoms with van der Waals surface area (Å²) in [5, 5.41) is 31.1. The van der Waals surface area contributed by atoms with Crippen LogP contribution >= 0.6 is 0 Å². The molecule has 0 saturated heterocycles. The first-order chi connectivity index (χ1) is 9.04. The first kappa shape index (κ1) is 13.2. The molecule has 0 heterocycles. The van der Waals surface area contributed by atoms with Gasteiger partial charge in [-0.3, -0.25) is 4.79 Å². The number of allylic oxidation sites excluding steroid dienone is 1. The number of aliphatic hydroxyl groups excluding tert-OH is 3. The molecule has 0 aliphatic heterocycles. The zero-order valence-electron chi connectivity index (χ0n) is 10.2. The summed E-state index contributed by atoms with van der Waals surface area (Å²) < 4.78 is 0. The molecule has 1 unspecified atom stereocenters. The lowest BCUT2D eigenvalue weighted by Gasteiger charge is -2.31. The van der Waals surface area contributed by atoms with Crippen molar-refractivity contribution in [2.75, 3.05) is 6.61 Å². The van der Waals surface area contributed by atoms with Crippen molar-refractivity contribution in [3.8, 4) is 0 Å². The van der Waals surface area contributed by atoms with E-state index in [1.807, 2.05) is 0 Å². The monoisotopic (exact) mass is 261 g/mol. The summed E-state index contributed by atoms with van der Waals surface area (Å²) >= 11 is 0. The predicted molar refractivity (Wildman–Crippen MR) is 69.8 cm³/mol. The van der Waals surface area contributed by atoms with E-state index < -0.39 is 12.1 Å². The van der Waals surface area contributed by atoms with Gasteiger partial charge in [-0.2, -0.15) is 0 Å². The summed E-state index contributed by atoms with van der Waals surface area (Å²) in [6, 6.07) is 8.53. The fraction of sp³-hybridized carbons (Fsp3) is 0.214. The predicted octanol–water partition coefficient (Wildman–Crippen LogP) is 1.44. The van der Waals surface area contributed by atoms with E-state index in [0.29, 0.717) is 5.56 Å². The Morgan fingerprint density at radius 1 is 1.26 bits per heavy atom. The van der Waals surface area contributed by atoms with Crippen LogP contribution in [0.5, 0.6) is 0 Å². The minimum atomic E-state index is -1.18. The van der Waals surface area contributed by atoms with Crippen LogP contribution in [0.1, 0.15) is 16.8 Å². The standard InChI is InChI=1S/C14H15NO4/c16-9-14(7-11(17)6-12(18)8-14)15-13(19)10-4-2-1-3-5-10/h1-7,16-18H,8-9H2,(H,15,19). The van der Waals surface area contributed by atoms with Crippen molar-refractivity contribution in [1.29, 1.82) is 0 Å². The molecule has 5 heteroatoms. The smallest absolute Gasteiger partial charge is 0.252 e. The molecule has 100 valence electrons. The van der Waals surface area contributed by atoms with E-state index in [1.54, 1.807) is 30.3 Å². The third-order valence-electron chi connectivity index (χ3n) is 2.92. The quantitative estimate of drug-likeness (QED) is 0.662. The second kappa shape index (κ2) is 5.16. The first-order valence-corrected chi connectivity index (χ1v) is 5.84. The molecule has 1 aliphatic rings. The number of nitrogens with one attached hydrogen (secondary N) is 1. The lowest BCUT2D eigenvalue weighted by atomic mass is 9.89. The van der Waals surface area contributed by atoms with Gasteiger partial charge in [0, 0.05) is 18.1 Å². The Morgan fingerprint density at radius 3 is 2.53 bits per heavy atom. The number of benzene rings is 1. The highest BCUT2D eigenvalue weighted by Crippen LogP contribution is 2.24. The summed E-state index contributed by atoms with van der Waals surface area (Å²) in [5.74, 6) is -0.665. The van der Waals surface area contributed by atoms with Gasteiger partial charge in [0.05, 0.1) is 17.9 Å². The number of amides is 1. The normalized spacial score (nSPS) is 22.4. The lowest BCUT2D eigenvalue weighted by molar-refractivity contribution is 0.0862. The number of rotatable bonds is 3.